The SMILES string of the molecule is Brc1ccc(-c2cnc(C3CCCCC3)s2)c(SN2CCC2)c1. The first-order chi connectivity index (χ1) is 11.3. The van der Waals surface area contributed by atoms with Crippen LogP contribution in [0.4, 0.5) is 0 Å². The van der Waals surface area contributed by atoms with Crippen molar-refractivity contribution in [2.75, 3.05) is 13.1 Å². The van der Waals surface area contributed by atoms with Gasteiger partial charge in [0.25, 0.3) is 0 Å². The maximum atomic E-state index is 4.78. The predicted octanol–water partition coefficient (Wildman–Crippen LogP) is 6.33. The summed E-state index contributed by atoms with van der Waals surface area (Å²) in [6.45, 7) is 2.40. The minimum atomic E-state index is 0.699. The van der Waals surface area contributed by atoms with Gasteiger partial charge in [0.2, 0.25) is 0 Å². The summed E-state index contributed by atoms with van der Waals surface area (Å²) in [5.41, 5.74) is 1.34. The maximum absolute atomic E-state index is 4.78. The third-order valence-corrected chi connectivity index (χ3v) is 7.57. The van der Waals surface area contributed by atoms with E-state index < -0.39 is 0 Å². The van der Waals surface area contributed by atoms with E-state index >= 15 is 0 Å². The molecule has 2 heterocycles. The van der Waals surface area contributed by atoms with Crippen LogP contribution in [0.1, 0.15) is 49.5 Å². The molecule has 0 amide bonds. The third-order valence-electron chi connectivity index (χ3n) is 4.73. The second-order valence-corrected chi connectivity index (χ2v) is 9.53. The largest absolute Gasteiger partial charge is 0.249 e. The molecule has 2 aliphatic rings. The van der Waals surface area contributed by atoms with Crippen molar-refractivity contribution >= 4 is 39.2 Å². The molecule has 2 aromatic rings. The highest BCUT2D eigenvalue weighted by molar-refractivity contribution is 9.10. The van der Waals surface area contributed by atoms with Crippen LogP contribution in [-0.4, -0.2) is 22.4 Å². The average molecular weight is 409 g/mol. The second-order valence-electron chi connectivity index (χ2n) is 6.41. The molecular formula is C18H21BrN2S2. The van der Waals surface area contributed by atoms with Crippen molar-refractivity contribution < 1.29 is 0 Å². The first kappa shape index (κ1) is 16.1. The Bertz CT molecular complexity index is 675. The lowest BCUT2D eigenvalue weighted by molar-refractivity contribution is 0.344. The first-order valence-electron chi connectivity index (χ1n) is 8.48. The van der Waals surface area contributed by atoms with Crippen molar-refractivity contribution in [1.82, 2.24) is 9.29 Å². The van der Waals surface area contributed by atoms with Crippen molar-refractivity contribution in [3.05, 3.63) is 33.9 Å². The van der Waals surface area contributed by atoms with E-state index in [4.69, 9.17) is 4.98 Å². The number of benzene rings is 1. The first-order valence-corrected chi connectivity index (χ1v) is 10.9. The fourth-order valence-corrected chi connectivity index (χ4v) is 6.12. The van der Waals surface area contributed by atoms with Crippen molar-refractivity contribution in [2.24, 2.45) is 0 Å². The van der Waals surface area contributed by atoms with E-state index in [1.807, 2.05) is 23.3 Å². The molecule has 2 nitrogen and oxygen atoms in total. The molecule has 5 heteroatoms. The van der Waals surface area contributed by atoms with Crippen LogP contribution in [0, 0.1) is 0 Å². The molecule has 1 saturated carbocycles. The summed E-state index contributed by atoms with van der Waals surface area (Å²) in [7, 11) is 0. The van der Waals surface area contributed by atoms with Gasteiger partial charge >= 0.3 is 0 Å². The van der Waals surface area contributed by atoms with Crippen LogP contribution in [0.15, 0.2) is 33.8 Å². The minimum Gasteiger partial charge on any atom is -0.249 e. The lowest BCUT2D eigenvalue weighted by atomic mass is 9.90. The van der Waals surface area contributed by atoms with E-state index in [1.165, 1.54) is 72.0 Å². The van der Waals surface area contributed by atoms with Gasteiger partial charge in [0.15, 0.2) is 0 Å². The molecule has 122 valence electrons. The average Bonchev–Trinajstić information content (AvgIpc) is 3.02. The number of thiazole rings is 1. The Balaban J connectivity index is 1.60. The molecule has 0 spiro atoms. The summed E-state index contributed by atoms with van der Waals surface area (Å²) in [4.78, 5) is 7.44. The molecular weight excluding hydrogens is 388 g/mol. The number of halogens is 1. The Labute approximate surface area is 155 Å². The summed E-state index contributed by atoms with van der Waals surface area (Å²) >= 11 is 7.42. The Morgan fingerprint density at radius 3 is 2.70 bits per heavy atom. The van der Waals surface area contributed by atoms with Crippen molar-refractivity contribution in [1.29, 1.82) is 0 Å². The van der Waals surface area contributed by atoms with Gasteiger partial charge in [-0.15, -0.1) is 11.3 Å². The molecule has 1 saturated heterocycles. The van der Waals surface area contributed by atoms with Gasteiger partial charge in [-0.05, 0) is 43.3 Å². The van der Waals surface area contributed by atoms with Gasteiger partial charge in [0, 0.05) is 40.1 Å². The van der Waals surface area contributed by atoms with Gasteiger partial charge in [-0.2, -0.15) is 0 Å². The number of rotatable bonds is 4. The van der Waals surface area contributed by atoms with Crippen LogP contribution in [-0.2, 0) is 0 Å². The Kier molecular flexibility index (Phi) is 5.09. The van der Waals surface area contributed by atoms with E-state index in [1.54, 1.807) is 0 Å². The number of hydrogen-bond acceptors (Lipinski definition) is 4. The van der Waals surface area contributed by atoms with Gasteiger partial charge < -0.3 is 0 Å². The molecule has 0 atom stereocenters. The number of nitrogens with zero attached hydrogens (tertiary/aromatic N) is 2. The van der Waals surface area contributed by atoms with Crippen molar-refractivity contribution in [3.8, 4) is 10.4 Å². The molecule has 1 aliphatic carbocycles. The van der Waals surface area contributed by atoms with Crippen LogP contribution in [0.25, 0.3) is 10.4 Å². The maximum Gasteiger partial charge on any atom is 0.0962 e. The second kappa shape index (κ2) is 7.26. The zero-order valence-corrected chi connectivity index (χ0v) is 16.4. The van der Waals surface area contributed by atoms with E-state index in [9.17, 15) is 0 Å². The van der Waals surface area contributed by atoms with Gasteiger partial charge in [0.05, 0.1) is 9.88 Å². The molecule has 1 aliphatic heterocycles. The van der Waals surface area contributed by atoms with Gasteiger partial charge in [-0.1, -0.05) is 41.3 Å². The molecule has 2 fully saturated rings. The van der Waals surface area contributed by atoms with Gasteiger partial charge in [-0.3, -0.25) is 0 Å². The summed E-state index contributed by atoms with van der Waals surface area (Å²) in [6.07, 6.45) is 10.2. The van der Waals surface area contributed by atoms with E-state index in [0.717, 1.165) is 4.47 Å². The monoisotopic (exact) mass is 408 g/mol. The lowest BCUT2D eigenvalue weighted by Gasteiger charge is -2.29. The molecule has 0 radical (unpaired) electrons. The summed E-state index contributed by atoms with van der Waals surface area (Å²) in [6, 6.07) is 6.64. The fourth-order valence-electron chi connectivity index (χ4n) is 3.24. The molecule has 23 heavy (non-hydrogen) atoms. The van der Waals surface area contributed by atoms with E-state index in [2.05, 4.69) is 44.6 Å². The Hall–Kier alpha value is -0.360. The molecule has 0 unspecified atom stereocenters. The Morgan fingerprint density at radius 1 is 1.13 bits per heavy atom. The van der Waals surface area contributed by atoms with Crippen LogP contribution < -0.4 is 0 Å². The number of aromatic nitrogens is 1. The highest BCUT2D eigenvalue weighted by atomic mass is 79.9. The van der Waals surface area contributed by atoms with Crippen LogP contribution >= 0.6 is 39.2 Å². The smallest absolute Gasteiger partial charge is 0.0962 e. The normalized spacial score (nSPS) is 19.7. The number of hydrogen-bond donors (Lipinski definition) is 0. The molecule has 4 rings (SSSR count). The van der Waals surface area contributed by atoms with Crippen molar-refractivity contribution in [3.63, 3.8) is 0 Å². The van der Waals surface area contributed by atoms with Crippen LogP contribution in [0.5, 0.6) is 0 Å². The molecule has 0 N–H and O–H groups in total. The highest BCUT2D eigenvalue weighted by Gasteiger charge is 2.21. The highest BCUT2D eigenvalue weighted by Crippen LogP contribution is 2.42. The predicted molar refractivity (Wildman–Crippen MR) is 103 cm³/mol. The zero-order valence-electron chi connectivity index (χ0n) is 13.1. The van der Waals surface area contributed by atoms with Gasteiger partial charge in [0.1, 0.15) is 0 Å². The molecule has 1 aromatic heterocycles. The van der Waals surface area contributed by atoms with E-state index in [-0.39, 0.29) is 0 Å². The summed E-state index contributed by atoms with van der Waals surface area (Å²) in [5, 5.41) is 1.35. The fraction of sp³-hybridized carbons (Fsp3) is 0.500. The zero-order chi connectivity index (χ0) is 15.6. The quantitative estimate of drug-likeness (QED) is 0.549. The summed E-state index contributed by atoms with van der Waals surface area (Å²) in [5.74, 6) is 0.699. The standard InChI is InChI=1S/C18H21BrN2S2/c19-14-7-8-15(16(11-14)23-21-9-4-10-21)17-12-20-18(22-17)13-5-2-1-3-6-13/h7-8,11-13H,1-6,9-10H2. The lowest BCUT2D eigenvalue weighted by Crippen LogP contribution is -2.30. The van der Waals surface area contributed by atoms with E-state index in [0.29, 0.717) is 5.92 Å². The van der Waals surface area contributed by atoms with Crippen LogP contribution in [0.3, 0.4) is 0 Å². The van der Waals surface area contributed by atoms with Crippen molar-refractivity contribution in [2.45, 2.75) is 49.3 Å². The topological polar surface area (TPSA) is 16.1 Å². The molecule has 0 bridgehead atoms. The van der Waals surface area contributed by atoms with Gasteiger partial charge in [-0.25, -0.2) is 9.29 Å². The van der Waals surface area contributed by atoms with Crippen LogP contribution in [0.2, 0.25) is 0 Å². The molecule has 1 aromatic carbocycles. The minimum absolute atomic E-state index is 0.699. The third kappa shape index (κ3) is 3.68. The Morgan fingerprint density at radius 2 is 1.96 bits per heavy atom. The summed E-state index contributed by atoms with van der Waals surface area (Å²) < 4.78 is 3.59.